The molecule has 1 aliphatic carbocycles. The molecule has 23 heavy (non-hydrogen) atoms. The first-order valence-corrected chi connectivity index (χ1v) is 7.46. The van der Waals surface area contributed by atoms with E-state index in [4.69, 9.17) is 16.0 Å². The first-order valence-electron chi connectivity index (χ1n) is 7.09. The van der Waals surface area contributed by atoms with Crippen LogP contribution < -0.4 is 0 Å². The number of rotatable bonds is 4. The molecule has 0 saturated heterocycles. The molecule has 0 saturated carbocycles. The van der Waals surface area contributed by atoms with Crippen molar-refractivity contribution in [1.82, 2.24) is 0 Å². The minimum Gasteiger partial charge on any atom is -0.463 e. The molecule has 1 heterocycles. The Morgan fingerprint density at radius 2 is 1.91 bits per heavy atom. The van der Waals surface area contributed by atoms with Crippen molar-refractivity contribution in [3.63, 3.8) is 0 Å². The topological polar surface area (TPSA) is 64.3 Å². The van der Waals surface area contributed by atoms with E-state index in [0.717, 1.165) is 6.26 Å². The first-order chi connectivity index (χ1) is 11.0. The van der Waals surface area contributed by atoms with Crippen LogP contribution in [0.5, 0.6) is 0 Å². The lowest BCUT2D eigenvalue weighted by atomic mass is 9.93. The number of ketones is 3. The molecule has 120 valence electrons. The molecule has 2 rings (SSSR count). The van der Waals surface area contributed by atoms with E-state index in [1.807, 2.05) is 13.8 Å². The largest absolute Gasteiger partial charge is 0.463 e. The van der Waals surface area contributed by atoms with E-state index in [1.54, 1.807) is 25.2 Å². The van der Waals surface area contributed by atoms with Gasteiger partial charge in [0.15, 0.2) is 5.78 Å². The van der Waals surface area contributed by atoms with Crippen LogP contribution >= 0.6 is 11.6 Å². The Hall–Kier alpha value is -2.46. The summed E-state index contributed by atoms with van der Waals surface area (Å²) in [5.41, 5.74) is 0.366. The van der Waals surface area contributed by atoms with Gasteiger partial charge < -0.3 is 4.42 Å². The van der Waals surface area contributed by atoms with E-state index < -0.39 is 17.3 Å². The number of halogens is 1. The predicted molar refractivity (Wildman–Crippen MR) is 90.6 cm³/mol. The van der Waals surface area contributed by atoms with Crippen molar-refractivity contribution < 1.29 is 18.8 Å². The number of Topliss-reactive ketones (excluding diaryl/α,β-unsaturated/α-hetero) is 3. The quantitative estimate of drug-likeness (QED) is 0.352. The lowest BCUT2D eigenvalue weighted by molar-refractivity contribution is -0.111. The maximum Gasteiger partial charge on any atom is 0.245 e. The van der Waals surface area contributed by atoms with E-state index in [-0.39, 0.29) is 21.9 Å². The molecule has 5 heteroatoms. The van der Waals surface area contributed by atoms with Crippen LogP contribution in [0, 0.1) is 0 Å². The maximum atomic E-state index is 12.4. The van der Waals surface area contributed by atoms with Crippen molar-refractivity contribution in [2.24, 2.45) is 0 Å². The van der Waals surface area contributed by atoms with E-state index in [1.165, 1.54) is 12.2 Å². The third-order valence-electron chi connectivity index (χ3n) is 2.96. The van der Waals surface area contributed by atoms with Crippen LogP contribution in [-0.2, 0) is 4.79 Å². The van der Waals surface area contributed by atoms with Crippen LogP contribution in [-0.4, -0.2) is 17.3 Å². The summed E-state index contributed by atoms with van der Waals surface area (Å²) in [6.45, 7) is 9.22. The van der Waals surface area contributed by atoms with Gasteiger partial charge in [-0.15, -0.1) is 0 Å². The molecule has 0 unspecified atom stereocenters. The fraction of sp³-hybridized carbons (Fsp3) is 0.167. The highest BCUT2D eigenvalue weighted by Gasteiger charge is 2.34. The van der Waals surface area contributed by atoms with Gasteiger partial charge in [-0.05, 0) is 6.92 Å². The molecule has 1 aromatic rings. The van der Waals surface area contributed by atoms with Gasteiger partial charge in [0.1, 0.15) is 12.0 Å². The number of hydrogen-bond donors (Lipinski definition) is 0. The van der Waals surface area contributed by atoms with Crippen molar-refractivity contribution >= 4 is 35.0 Å². The SMILES string of the molecule is C=C/C=C\C(=C/C)C(=O)c1coc2c1C(=O)C(=O)C(Cl)=C2.CC. The molecule has 1 aromatic heterocycles. The van der Waals surface area contributed by atoms with Gasteiger partial charge in [0.25, 0.3) is 0 Å². The second-order valence-electron chi connectivity index (χ2n) is 4.21. The van der Waals surface area contributed by atoms with Gasteiger partial charge in [0.2, 0.25) is 11.6 Å². The van der Waals surface area contributed by atoms with Crippen molar-refractivity contribution in [3.8, 4) is 0 Å². The summed E-state index contributed by atoms with van der Waals surface area (Å²) in [5, 5.41) is -0.223. The van der Waals surface area contributed by atoms with Crippen LogP contribution in [0.15, 0.2) is 52.2 Å². The Kier molecular flexibility index (Phi) is 6.66. The average molecular weight is 333 g/mol. The lowest BCUT2D eigenvalue weighted by Gasteiger charge is -2.07. The van der Waals surface area contributed by atoms with Gasteiger partial charge in [-0.1, -0.05) is 56.3 Å². The fourth-order valence-electron chi connectivity index (χ4n) is 1.91. The molecule has 4 nitrogen and oxygen atoms in total. The number of furan rings is 1. The predicted octanol–water partition coefficient (Wildman–Crippen LogP) is 4.52. The summed E-state index contributed by atoms with van der Waals surface area (Å²) in [6, 6.07) is 0. The molecule has 0 N–H and O–H groups in total. The lowest BCUT2D eigenvalue weighted by Crippen LogP contribution is -2.21. The van der Waals surface area contributed by atoms with Crippen LogP contribution in [0.25, 0.3) is 6.08 Å². The summed E-state index contributed by atoms with van der Waals surface area (Å²) in [4.78, 5) is 36.0. The maximum absolute atomic E-state index is 12.4. The molecule has 0 spiro atoms. The van der Waals surface area contributed by atoms with Crippen LogP contribution in [0.4, 0.5) is 0 Å². The van der Waals surface area contributed by atoms with Crippen molar-refractivity contribution in [2.45, 2.75) is 20.8 Å². The van der Waals surface area contributed by atoms with Crippen LogP contribution in [0.1, 0.15) is 47.2 Å². The average Bonchev–Trinajstić information content (AvgIpc) is 2.98. The van der Waals surface area contributed by atoms with Crippen molar-refractivity contribution in [1.29, 1.82) is 0 Å². The van der Waals surface area contributed by atoms with E-state index >= 15 is 0 Å². The zero-order valence-corrected chi connectivity index (χ0v) is 13.9. The number of fused-ring (bicyclic) bond motifs is 1. The van der Waals surface area contributed by atoms with E-state index in [0.29, 0.717) is 5.57 Å². The Morgan fingerprint density at radius 1 is 1.26 bits per heavy atom. The standard InChI is InChI=1S/C16H11ClO4.C2H6/c1-3-5-6-9(4-2)14(18)10-8-21-12-7-11(17)15(19)16(20)13(10)12;1-2/h3-8H,1H2,2H3;1-2H3/b6-5-,9-4+;. The molecular weight excluding hydrogens is 316 g/mol. The third kappa shape index (κ3) is 3.66. The van der Waals surface area contributed by atoms with Gasteiger partial charge in [0, 0.05) is 11.6 Å². The number of allylic oxidation sites excluding steroid dienone is 6. The van der Waals surface area contributed by atoms with Gasteiger partial charge in [-0.25, -0.2) is 0 Å². The molecule has 0 aliphatic heterocycles. The minimum atomic E-state index is -0.844. The van der Waals surface area contributed by atoms with Crippen molar-refractivity contribution in [2.75, 3.05) is 0 Å². The van der Waals surface area contributed by atoms with E-state index in [9.17, 15) is 14.4 Å². The summed E-state index contributed by atoms with van der Waals surface area (Å²) >= 11 is 5.65. The van der Waals surface area contributed by atoms with Gasteiger partial charge in [-0.3, -0.25) is 14.4 Å². The number of hydrogen-bond acceptors (Lipinski definition) is 4. The Balaban J connectivity index is 0.00000127. The molecule has 0 fully saturated rings. The highest BCUT2D eigenvalue weighted by molar-refractivity contribution is 6.64. The summed E-state index contributed by atoms with van der Waals surface area (Å²) in [7, 11) is 0. The zero-order chi connectivity index (χ0) is 17.6. The Labute approximate surface area is 139 Å². The smallest absolute Gasteiger partial charge is 0.245 e. The molecule has 0 bridgehead atoms. The monoisotopic (exact) mass is 332 g/mol. The second kappa shape index (κ2) is 8.25. The minimum absolute atomic E-state index is 0.0410. The molecule has 0 radical (unpaired) electrons. The Bertz CT molecular complexity index is 745. The molecule has 0 amide bonds. The number of carbonyl (C=O) groups excluding carboxylic acids is 3. The Morgan fingerprint density at radius 3 is 2.48 bits per heavy atom. The normalized spacial score (nSPS) is 14.1. The van der Waals surface area contributed by atoms with Gasteiger partial charge in [-0.2, -0.15) is 0 Å². The van der Waals surface area contributed by atoms with E-state index in [2.05, 4.69) is 6.58 Å². The summed E-state index contributed by atoms with van der Waals surface area (Å²) in [6.07, 6.45) is 8.69. The van der Waals surface area contributed by atoms with Crippen LogP contribution in [0.2, 0.25) is 0 Å². The fourth-order valence-corrected chi connectivity index (χ4v) is 2.10. The molecule has 0 atom stereocenters. The highest BCUT2D eigenvalue weighted by atomic mass is 35.5. The van der Waals surface area contributed by atoms with Crippen molar-refractivity contribution in [3.05, 3.63) is 64.6 Å². The highest BCUT2D eigenvalue weighted by Crippen LogP contribution is 2.29. The first kappa shape index (κ1) is 18.6. The summed E-state index contributed by atoms with van der Waals surface area (Å²) < 4.78 is 5.17. The zero-order valence-electron chi connectivity index (χ0n) is 13.2. The molecular formula is C18H17ClO4. The van der Waals surface area contributed by atoms with Gasteiger partial charge in [0.05, 0.1) is 16.2 Å². The molecule has 1 aliphatic rings. The van der Waals surface area contributed by atoms with Gasteiger partial charge >= 0.3 is 0 Å². The van der Waals surface area contributed by atoms with Crippen LogP contribution in [0.3, 0.4) is 0 Å². The number of carbonyl (C=O) groups is 3. The third-order valence-corrected chi connectivity index (χ3v) is 3.24. The second-order valence-corrected chi connectivity index (χ2v) is 4.61. The molecule has 0 aromatic carbocycles. The summed E-state index contributed by atoms with van der Waals surface area (Å²) in [5.74, 6) is -1.97.